The number of nitrogens with two attached hydrogens (primary N) is 1. The number of sulfone groups is 2. The van der Waals surface area contributed by atoms with E-state index < -0.39 is 25.6 Å². The van der Waals surface area contributed by atoms with Gasteiger partial charge in [-0.15, -0.1) is 0 Å². The Bertz CT molecular complexity index is 2390. The molecule has 2 aromatic carbocycles. The van der Waals surface area contributed by atoms with Crippen LogP contribution in [0.25, 0.3) is 21.8 Å². The molecule has 2 aromatic heterocycles. The molecule has 2 aliphatic carbocycles. The fourth-order valence-electron chi connectivity index (χ4n) is 7.84. The normalized spacial score (nSPS) is 23.3. The zero-order valence-corrected chi connectivity index (χ0v) is 31.9. The third-order valence-corrected chi connectivity index (χ3v) is 14.4. The van der Waals surface area contributed by atoms with E-state index in [1.807, 2.05) is 12.1 Å². The molecule has 1 amide bonds. The summed E-state index contributed by atoms with van der Waals surface area (Å²) in [6, 6.07) is 9.86. The summed E-state index contributed by atoms with van der Waals surface area (Å²) >= 11 is 0. The first kappa shape index (κ1) is 38.4. The topological polar surface area (TPSA) is 226 Å². The maximum absolute atomic E-state index is 12.6. The van der Waals surface area contributed by atoms with Crippen molar-refractivity contribution >= 4 is 64.9 Å². The van der Waals surface area contributed by atoms with Gasteiger partial charge in [0.05, 0.1) is 40.0 Å². The molecule has 0 spiro atoms. The van der Waals surface area contributed by atoms with E-state index in [2.05, 4.69) is 43.0 Å². The maximum atomic E-state index is 12.6. The number of H-pyrrole nitrogens is 2. The van der Waals surface area contributed by atoms with Gasteiger partial charge in [0.25, 0.3) is 5.91 Å². The van der Waals surface area contributed by atoms with E-state index in [0.717, 1.165) is 45.8 Å². The molecule has 4 aromatic rings. The monoisotopic (exact) mass is 766 g/mol. The number of rotatable bonds is 3. The summed E-state index contributed by atoms with van der Waals surface area (Å²) in [5, 5.41) is 13.7. The average Bonchev–Trinajstić information content (AvgIpc) is 3.83. The van der Waals surface area contributed by atoms with Gasteiger partial charge in [0.1, 0.15) is 0 Å². The Labute approximate surface area is 308 Å². The van der Waals surface area contributed by atoms with Gasteiger partial charge in [-0.3, -0.25) is 14.4 Å². The number of carboxylic acid groups (broad SMARTS) is 1. The van der Waals surface area contributed by atoms with Crippen LogP contribution in [-0.2, 0) is 30.5 Å². The SMILES string of the molecule is CC1(C)CCC(=O)c2[nH]c3ccc(C(=O)NC4CCS(=O)(=O)C4)cc3c21.CC1(C)CCC(=O)c2[nH]c3ccc(C(=O)O)cc3c21.NC1CCS(=O)(=O)C1. The van der Waals surface area contributed by atoms with Crippen molar-refractivity contribution in [3.63, 3.8) is 0 Å². The van der Waals surface area contributed by atoms with Gasteiger partial charge in [0.15, 0.2) is 31.2 Å². The van der Waals surface area contributed by atoms with E-state index in [-0.39, 0.29) is 69.0 Å². The van der Waals surface area contributed by atoms with Crippen LogP contribution < -0.4 is 11.1 Å². The zero-order valence-electron chi connectivity index (χ0n) is 30.3. The van der Waals surface area contributed by atoms with Gasteiger partial charge in [-0.2, -0.15) is 0 Å². The van der Waals surface area contributed by atoms with E-state index in [1.54, 1.807) is 24.3 Å². The van der Waals surface area contributed by atoms with Gasteiger partial charge in [0, 0.05) is 52.3 Å². The van der Waals surface area contributed by atoms with Gasteiger partial charge in [-0.05, 0) is 84.0 Å². The molecule has 4 aliphatic rings. The molecule has 6 N–H and O–H groups in total. The fraction of sp³-hybridized carbons (Fsp3) is 0.474. The Morgan fingerprint density at radius 1 is 0.755 bits per heavy atom. The number of benzene rings is 2. The van der Waals surface area contributed by atoms with E-state index >= 15 is 0 Å². The first-order chi connectivity index (χ1) is 24.7. The number of hydrogen-bond acceptors (Lipinski definition) is 9. The van der Waals surface area contributed by atoms with Crippen LogP contribution in [0.4, 0.5) is 0 Å². The van der Waals surface area contributed by atoms with Crippen molar-refractivity contribution in [2.75, 3.05) is 23.0 Å². The lowest BCUT2D eigenvalue weighted by molar-refractivity contribution is 0.0696. The second-order valence-corrected chi connectivity index (χ2v) is 20.4. The molecule has 8 rings (SSSR count). The molecule has 4 heterocycles. The van der Waals surface area contributed by atoms with Crippen LogP contribution in [0.3, 0.4) is 0 Å². The number of aromatic amines is 2. The molecule has 2 saturated heterocycles. The van der Waals surface area contributed by atoms with Crippen molar-refractivity contribution in [3.05, 3.63) is 70.0 Å². The second kappa shape index (κ2) is 13.8. The lowest BCUT2D eigenvalue weighted by Gasteiger charge is -2.29. The number of carbonyl (C=O) groups is 4. The van der Waals surface area contributed by atoms with Gasteiger partial charge in [0.2, 0.25) is 0 Å². The minimum atomic E-state index is -3.04. The first-order valence-corrected chi connectivity index (χ1v) is 21.4. The molecule has 2 aliphatic heterocycles. The molecule has 53 heavy (non-hydrogen) atoms. The third-order valence-electron chi connectivity index (χ3n) is 10.8. The zero-order chi connectivity index (χ0) is 38.7. The Balaban J connectivity index is 0.000000155. The molecule has 13 nitrogen and oxygen atoms in total. The number of aromatic carboxylic acids is 1. The van der Waals surface area contributed by atoms with Crippen molar-refractivity contribution in [3.8, 4) is 0 Å². The highest BCUT2D eigenvalue weighted by Gasteiger charge is 2.37. The standard InChI is InChI=1S/C19H22N2O4S.C15H15NO3.C4H9NO2S/c1-19(2)7-5-15(22)17-16(19)13-9-11(3-4-14(13)21-17)18(23)20-12-6-8-26(24,25)10-12;1-15(2)6-5-11(17)13-12(15)9-7-8(14(18)19)3-4-10(9)16-13;5-4-1-2-8(6,7)3-4/h3-4,9,12,21H,5-8,10H2,1-2H3,(H,20,23);3-4,7,16H,5-6H2,1-2H3,(H,18,19);4H,1-3,5H2. The predicted molar refractivity (Wildman–Crippen MR) is 203 cm³/mol. The van der Waals surface area contributed by atoms with Gasteiger partial charge in [-0.1, -0.05) is 27.7 Å². The van der Waals surface area contributed by atoms with E-state index in [1.165, 1.54) is 0 Å². The average molecular weight is 767 g/mol. The van der Waals surface area contributed by atoms with Crippen molar-refractivity contribution in [2.24, 2.45) is 5.73 Å². The summed E-state index contributed by atoms with van der Waals surface area (Å²) in [7, 11) is -5.76. The molecule has 284 valence electrons. The van der Waals surface area contributed by atoms with E-state index in [9.17, 15) is 36.0 Å². The predicted octanol–water partition coefficient (Wildman–Crippen LogP) is 4.59. The first-order valence-electron chi connectivity index (χ1n) is 17.8. The number of ketones is 2. The van der Waals surface area contributed by atoms with E-state index in [4.69, 9.17) is 10.8 Å². The minimum absolute atomic E-state index is 0.00205. The molecular formula is C38H46N4O9S2. The molecule has 2 atom stereocenters. The highest BCUT2D eigenvalue weighted by molar-refractivity contribution is 7.91. The number of amides is 1. The minimum Gasteiger partial charge on any atom is -0.478 e. The van der Waals surface area contributed by atoms with E-state index in [0.29, 0.717) is 42.6 Å². The highest BCUT2D eigenvalue weighted by atomic mass is 32.2. The summed E-state index contributed by atoms with van der Waals surface area (Å²) in [5.74, 6) is -0.400. The van der Waals surface area contributed by atoms with Crippen LogP contribution in [0, 0.1) is 0 Å². The van der Waals surface area contributed by atoms with Gasteiger partial charge < -0.3 is 26.1 Å². The summed E-state index contributed by atoms with van der Waals surface area (Å²) in [5.41, 5.74) is 10.7. The van der Waals surface area contributed by atoms with Crippen molar-refractivity contribution < 1.29 is 41.1 Å². The molecule has 0 bridgehead atoms. The molecule has 2 fully saturated rings. The molecule has 2 unspecified atom stereocenters. The summed E-state index contributed by atoms with van der Waals surface area (Å²) in [6.45, 7) is 8.42. The smallest absolute Gasteiger partial charge is 0.335 e. The van der Waals surface area contributed by atoms with Crippen LogP contribution >= 0.6 is 0 Å². The second-order valence-electron chi connectivity index (χ2n) is 15.9. The number of aromatic nitrogens is 2. The van der Waals surface area contributed by atoms with Crippen LogP contribution in [0.5, 0.6) is 0 Å². The molecule has 15 heteroatoms. The van der Waals surface area contributed by atoms with Crippen molar-refractivity contribution in [1.29, 1.82) is 0 Å². The summed E-state index contributed by atoms with van der Waals surface area (Å²) < 4.78 is 44.3. The van der Waals surface area contributed by atoms with Crippen LogP contribution in [0.15, 0.2) is 36.4 Å². The Morgan fingerprint density at radius 3 is 1.64 bits per heavy atom. The number of fused-ring (bicyclic) bond motifs is 6. The Morgan fingerprint density at radius 2 is 1.23 bits per heavy atom. The maximum Gasteiger partial charge on any atom is 0.335 e. The number of carboxylic acids is 1. The fourth-order valence-corrected chi connectivity index (χ4v) is 11.2. The number of carbonyl (C=O) groups excluding carboxylic acids is 3. The molecule has 0 radical (unpaired) electrons. The molecule has 0 saturated carbocycles. The quantitative estimate of drug-likeness (QED) is 0.195. The third kappa shape index (κ3) is 7.97. The molecular weight excluding hydrogens is 721 g/mol. The Hall–Kier alpha value is -4.34. The number of Topliss-reactive ketones (excluding diaryl/α,β-unsaturated/α-hetero) is 2. The van der Waals surface area contributed by atoms with Crippen LogP contribution in [0.1, 0.15) is 119 Å². The highest BCUT2D eigenvalue weighted by Crippen LogP contribution is 2.42. The van der Waals surface area contributed by atoms with Crippen LogP contribution in [-0.4, -0.2) is 90.4 Å². The van der Waals surface area contributed by atoms with Crippen molar-refractivity contribution in [2.45, 2.75) is 89.1 Å². The largest absolute Gasteiger partial charge is 0.478 e. The number of hydrogen-bond donors (Lipinski definition) is 5. The lowest BCUT2D eigenvalue weighted by atomic mass is 9.74. The van der Waals surface area contributed by atoms with Crippen LogP contribution in [0.2, 0.25) is 0 Å². The lowest BCUT2D eigenvalue weighted by Crippen LogP contribution is -2.35. The summed E-state index contributed by atoms with van der Waals surface area (Å²) in [4.78, 5) is 54.3. The van der Waals surface area contributed by atoms with Crippen molar-refractivity contribution in [1.82, 2.24) is 15.3 Å². The Kier molecular flexibility index (Phi) is 10.0. The number of nitrogens with one attached hydrogen (secondary N) is 3. The summed E-state index contributed by atoms with van der Waals surface area (Å²) in [6.07, 6.45) is 3.74. The van der Waals surface area contributed by atoms with Gasteiger partial charge in [-0.25, -0.2) is 21.6 Å². The van der Waals surface area contributed by atoms with Gasteiger partial charge >= 0.3 is 5.97 Å².